The summed E-state index contributed by atoms with van der Waals surface area (Å²) in [6.07, 6.45) is 2.14. The SMILES string of the molecule is N#CC(C(=O)NCc1ccccn1)C(=O)c1nn(-c2ccccc2)c2c1Cc1ccccc1-2. The minimum Gasteiger partial charge on any atom is -0.349 e. The molecule has 0 saturated heterocycles. The molecule has 5 rings (SSSR count). The van der Waals surface area contributed by atoms with Crippen molar-refractivity contribution in [3.8, 4) is 23.0 Å². The van der Waals surface area contributed by atoms with Crippen LogP contribution in [0.15, 0.2) is 79.0 Å². The number of nitrogens with zero attached hydrogens (tertiary/aromatic N) is 4. The molecule has 0 fully saturated rings. The number of Topliss-reactive ketones (excluding diaryl/α,β-unsaturated/α-hetero) is 1. The van der Waals surface area contributed by atoms with Crippen molar-refractivity contribution in [2.75, 3.05) is 0 Å². The Hall–Kier alpha value is -4.57. The Bertz CT molecular complexity index is 1390. The molecule has 0 bridgehead atoms. The monoisotopic (exact) mass is 433 g/mol. The van der Waals surface area contributed by atoms with E-state index in [1.54, 1.807) is 29.1 Å². The minimum absolute atomic E-state index is 0.132. The van der Waals surface area contributed by atoms with E-state index in [2.05, 4.69) is 15.4 Å². The first kappa shape index (κ1) is 20.3. The van der Waals surface area contributed by atoms with Crippen LogP contribution in [0.3, 0.4) is 0 Å². The topological polar surface area (TPSA) is 101 Å². The number of ketones is 1. The maximum Gasteiger partial charge on any atom is 0.245 e. The normalized spacial score (nSPS) is 12.3. The van der Waals surface area contributed by atoms with Gasteiger partial charge in [0, 0.05) is 23.7 Å². The zero-order valence-electron chi connectivity index (χ0n) is 17.6. The van der Waals surface area contributed by atoms with Gasteiger partial charge in [0.2, 0.25) is 11.7 Å². The highest BCUT2D eigenvalue weighted by Gasteiger charge is 2.36. The largest absolute Gasteiger partial charge is 0.349 e. The van der Waals surface area contributed by atoms with Crippen molar-refractivity contribution >= 4 is 11.7 Å². The number of para-hydroxylation sites is 1. The molecule has 1 amide bonds. The van der Waals surface area contributed by atoms with E-state index in [1.165, 1.54) is 0 Å². The molecule has 1 atom stereocenters. The molecule has 0 spiro atoms. The lowest BCUT2D eigenvalue weighted by molar-refractivity contribution is -0.122. The quantitative estimate of drug-likeness (QED) is 0.326. The van der Waals surface area contributed by atoms with Crippen LogP contribution >= 0.6 is 0 Å². The van der Waals surface area contributed by atoms with Gasteiger partial charge in [-0.15, -0.1) is 0 Å². The van der Waals surface area contributed by atoms with Crippen molar-refractivity contribution in [1.29, 1.82) is 5.26 Å². The fourth-order valence-corrected chi connectivity index (χ4v) is 4.10. The van der Waals surface area contributed by atoms with E-state index in [9.17, 15) is 14.9 Å². The lowest BCUT2D eigenvalue weighted by Crippen LogP contribution is -2.35. The van der Waals surface area contributed by atoms with Gasteiger partial charge in [-0.2, -0.15) is 10.4 Å². The second-order valence-corrected chi connectivity index (χ2v) is 7.72. The predicted molar refractivity (Wildman–Crippen MR) is 121 cm³/mol. The third-order valence-electron chi connectivity index (χ3n) is 5.68. The molecule has 1 unspecified atom stereocenters. The lowest BCUT2D eigenvalue weighted by Gasteiger charge is -2.09. The van der Waals surface area contributed by atoms with E-state index >= 15 is 0 Å². The van der Waals surface area contributed by atoms with Gasteiger partial charge in [-0.3, -0.25) is 14.6 Å². The van der Waals surface area contributed by atoms with Gasteiger partial charge < -0.3 is 5.32 Å². The van der Waals surface area contributed by atoms with Crippen LogP contribution in [-0.2, 0) is 17.8 Å². The summed E-state index contributed by atoms with van der Waals surface area (Å²) in [5.41, 5.74) is 5.24. The molecule has 7 heteroatoms. The Morgan fingerprint density at radius 3 is 2.55 bits per heavy atom. The minimum atomic E-state index is -1.50. The molecule has 0 radical (unpaired) electrons. The number of hydrogen-bond donors (Lipinski definition) is 1. The van der Waals surface area contributed by atoms with Crippen LogP contribution in [0.25, 0.3) is 16.9 Å². The average Bonchev–Trinajstić information content (AvgIpc) is 3.42. The first-order valence-corrected chi connectivity index (χ1v) is 10.5. The molecule has 4 aromatic rings. The number of nitrogens with one attached hydrogen (secondary N) is 1. The second kappa shape index (κ2) is 8.52. The highest BCUT2D eigenvalue weighted by molar-refractivity contribution is 6.12. The predicted octanol–water partition coefficient (Wildman–Crippen LogP) is 3.48. The van der Waals surface area contributed by atoms with Crippen LogP contribution < -0.4 is 5.32 Å². The third kappa shape index (κ3) is 3.68. The summed E-state index contributed by atoms with van der Waals surface area (Å²) in [5.74, 6) is -2.76. The van der Waals surface area contributed by atoms with Gasteiger partial charge in [0.15, 0.2) is 5.92 Å². The van der Waals surface area contributed by atoms with E-state index in [-0.39, 0.29) is 12.2 Å². The number of fused-ring (bicyclic) bond motifs is 3. The number of hydrogen-bond acceptors (Lipinski definition) is 5. The van der Waals surface area contributed by atoms with Gasteiger partial charge >= 0.3 is 0 Å². The summed E-state index contributed by atoms with van der Waals surface area (Å²) in [6.45, 7) is 0.132. The van der Waals surface area contributed by atoms with Crippen LogP contribution in [-0.4, -0.2) is 26.5 Å². The molecule has 160 valence electrons. The molecule has 0 aliphatic heterocycles. The van der Waals surface area contributed by atoms with Crippen molar-refractivity contribution in [3.05, 3.63) is 102 Å². The smallest absolute Gasteiger partial charge is 0.245 e. The van der Waals surface area contributed by atoms with Gasteiger partial charge in [0.1, 0.15) is 5.69 Å². The molecule has 7 nitrogen and oxygen atoms in total. The Morgan fingerprint density at radius 2 is 1.79 bits per heavy atom. The Morgan fingerprint density at radius 1 is 1.03 bits per heavy atom. The number of carbonyl (C=O) groups excluding carboxylic acids is 2. The van der Waals surface area contributed by atoms with Crippen LogP contribution in [0, 0.1) is 17.2 Å². The summed E-state index contributed by atoms with van der Waals surface area (Å²) in [5, 5.41) is 16.9. The molecular formula is C26H19N5O2. The zero-order valence-corrected chi connectivity index (χ0v) is 17.6. The first-order chi connectivity index (χ1) is 16.2. The number of carbonyl (C=O) groups is 2. The molecular weight excluding hydrogens is 414 g/mol. The average molecular weight is 433 g/mol. The summed E-state index contributed by atoms with van der Waals surface area (Å²) < 4.78 is 1.73. The van der Waals surface area contributed by atoms with Crippen LogP contribution in [0.5, 0.6) is 0 Å². The molecule has 0 saturated carbocycles. The van der Waals surface area contributed by atoms with Gasteiger partial charge in [-0.1, -0.05) is 48.5 Å². The van der Waals surface area contributed by atoms with E-state index < -0.39 is 17.6 Å². The molecule has 1 aliphatic carbocycles. The van der Waals surface area contributed by atoms with Gasteiger partial charge in [-0.05, 0) is 29.8 Å². The van der Waals surface area contributed by atoms with Crippen molar-refractivity contribution in [2.24, 2.45) is 5.92 Å². The summed E-state index contributed by atoms with van der Waals surface area (Å²) in [6, 6.07) is 24.6. The molecule has 2 heterocycles. The number of pyridine rings is 1. The van der Waals surface area contributed by atoms with E-state index in [4.69, 9.17) is 0 Å². The Kier molecular flexibility index (Phi) is 5.25. The van der Waals surface area contributed by atoms with Crippen molar-refractivity contribution in [1.82, 2.24) is 20.1 Å². The number of rotatable bonds is 6. The number of benzene rings is 2. The fraction of sp³-hybridized carbons (Fsp3) is 0.115. The third-order valence-corrected chi connectivity index (χ3v) is 5.68. The Labute approximate surface area is 190 Å². The van der Waals surface area contributed by atoms with Gasteiger partial charge in [0.25, 0.3) is 0 Å². The second-order valence-electron chi connectivity index (χ2n) is 7.72. The molecule has 33 heavy (non-hydrogen) atoms. The van der Waals surface area contributed by atoms with Crippen molar-refractivity contribution in [3.63, 3.8) is 0 Å². The standard InChI is InChI=1S/C26H19N5O2/c27-15-22(26(33)29-16-18-9-6-7-13-28-18)25(32)23-21-14-17-8-4-5-12-20(17)24(21)31(30-23)19-10-2-1-3-11-19/h1-13,22H,14,16H2,(H,29,33). The van der Waals surface area contributed by atoms with E-state index in [1.807, 2.05) is 60.7 Å². The van der Waals surface area contributed by atoms with Crippen molar-refractivity contribution < 1.29 is 9.59 Å². The zero-order chi connectivity index (χ0) is 22.8. The summed E-state index contributed by atoms with van der Waals surface area (Å²) in [7, 11) is 0. The summed E-state index contributed by atoms with van der Waals surface area (Å²) >= 11 is 0. The fourth-order valence-electron chi connectivity index (χ4n) is 4.10. The van der Waals surface area contributed by atoms with Gasteiger partial charge in [0.05, 0.1) is 29.7 Å². The number of nitriles is 1. The molecule has 2 aromatic heterocycles. The van der Waals surface area contributed by atoms with Crippen molar-refractivity contribution in [2.45, 2.75) is 13.0 Å². The van der Waals surface area contributed by atoms with Crippen LogP contribution in [0.2, 0.25) is 0 Å². The number of amides is 1. The Balaban J connectivity index is 1.50. The van der Waals surface area contributed by atoms with Crippen LogP contribution in [0.4, 0.5) is 0 Å². The van der Waals surface area contributed by atoms with E-state index in [0.29, 0.717) is 12.1 Å². The highest BCUT2D eigenvalue weighted by atomic mass is 16.2. The molecule has 1 aliphatic rings. The maximum atomic E-state index is 13.4. The van der Waals surface area contributed by atoms with Crippen LogP contribution in [0.1, 0.15) is 27.3 Å². The number of aromatic nitrogens is 3. The highest BCUT2D eigenvalue weighted by Crippen LogP contribution is 2.40. The summed E-state index contributed by atoms with van der Waals surface area (Å²) in [4.78, 5) is 30.3. The van der Waals surface area contributed by atoms with Gasteiger partial charge in [-0.25, -0.2) is 4.68 Å². The first-order valence-electron chi connectivity index (χ1n) is 10.5. The lowest BCUT2D eigenvalue weighted by atomic mass is 9.98. The molecule has 2 aromatic carbocycles. The van der Waals surface area contributed by atoms with E-state index in [0.717, 1.165) is 28.1 Å². The maximum absolute atomic E-state index is 13.4. The molecule has 1 N–H and O–H groups in total.